The molecule has 0 spiro atoms. The van der Waals surface area contributed by atoms with E-state index >= 15 is 0 Å². The Morgan fingerprint density at radius 2 is 1.96 bits per heavy atom. The molecular weight excluding hydrogens is 312 g/mol. The van der Waals surface area contributed by atoms with Gasteiger partial charge < -0.3 is 10.3 Å². The predicted molar refractivity (Wildman–Crippen MR) is 97.6 cm³/mol. The summed E-state index contributed by atoms with van der Waals surface area (Å²) in [6, 6.07) is 10.1. The van der Waals surface area contributed by atoms with E-state index in [-0.39, 0.29) is 0 Å². The van der Waals surface area contributed by atoms with Crippen molar-refractivity contribution in [2.45, 2.75) is 25.3 Å². The van der Waals surface area contributed by atoms with E-state index in [4.69, 9.17) is 0 Å². The third kappa shape index (κ3) is 4.03. The molecule has 3 aromatic rings. The number of nitrogens with one attached hydrogen (secondary N) is 2. The summed E-state index contributed by atoms with van der Waals surface area (Å²) < 4.78 is 0. The first kappa shape index (κ1) is 15.8. The number of hydrogen-bond donors (Lipinski definition) is 2. The molecule has 25 heavy (non-hydrogen) atoms. The maximum absolute atomic E-state index is 4.42. The maximum Gasteiger partial charge on any atom is 0.131 e. The Labute approximate surface area is 147 Å². The average molecular weight is 334 g/mol. The van der Waals surface area contributed by atoms with Crippen molar-refractivity contribution in [1.29, 1.82) is 0 Å². The highest BCUT2D eigenvalue weighted by atomic mass is 15.1. The van der Waals surface area contributed by atoms with Gasteiger partial charge in [0.05, 0.1) is 6.33 Å². The zero-order chi connectivity index (χ0) is 16.9. The van der Waals surface area contributed by atoms with Gasteiger partial charge in [0.2, 0.25) is 0 Å². The number of aromatic nitrogens is 4. The Bertz CT molecular complexity index is 779. The van der Waals surface area contributed by atoms with Crippen LogP contribution >= 0.6 is 0 Å². The molecule has 0 aromatic carbocycles. The summed E-state index contributed by atoms with van der Waals surface area (Å²) in [5, 5.41) is 3.28. The molecule has 0 bridgehead atoms. The summed E-state index contributed by atoms with van der Waals surface area (Å²) in [5.41, 5.74) is 2.54. The van der Waals surface area contributed by atoms with Crippen LogP contribution in [0.4, 0.5) is 11.6 Å². The van der Waals surface area contributed by atoms with Crippen LogP contribution in [0, 0.1) is 0 Å². The van der Waals surface area contributed by atoms with Crippen molar-refractivity contribution < 1.29 is 0 Å². The summed E-state index contributed by atoms with van der Waals surface area (Å²) >= 11 is 0. The van der Waals surface area contributed by atoms with E-state index in [1.54, 1.807) is 12.5 Å². The quantitative estimate of drug-likeness (QED) is 0.749. The molecule has 3 aromatic heterocycles. The zero-order valence-electron chi connectivity index (χ0n) is 14.1. The maximum atomic E-state index is 4.42. The fourth-order valence-electron chi connectivity index (χ4n) is 3.37. The van der Waals surface area contributed by atoms with E-state index in [0.717, 1.165) is 31.3 Å². The first-order valence-electron chi connectivity index (χ1n) is 8.70. The molecule has 4 rings (SSSR count). The molecule has 1 fully saturated rings. The third-order valence-corrected chi connectivity index (χ3v) is 4.71. The highest BCUT2D eigenvalue weighted by Gasteiger charge is 2.21. The van der Waals surface area contributed by atoms with Gasteiger partial charge in [0, 0.05) is 30.8 Å². The zero-order valence-corrected chi connectivity index (χ0v) is 14.1. The van der Waals surface area contributed by atoms with Gasteiger partial charge in [-0.15, -0.1) is 0 Å². The summed E-state index contributed by atoms with van der Waals surface area (Å²) in [4.78, 5) is 18.5. The number of rotatable bonds is 5. The highest BCUT2D eigenvalue weighted by Crippen LogP contribution is 2.29. The summed E-state index contributed by atoms with van der Waals surface area (Å²) in [6.07, 6.45) is 9.65. The Morgan fingerprint density at radius 1 is 1.08 bits per heavy atom. The van der Waals surface area contributed by atoms with Crippen LogP contribution in [0.25, 0.3) is 0 Å². The normalized spacial score (nSPS) is 16.0. The minimum atomic E-state index is 0.588. The topological polar surface area (TPSA) is 69.7 Å². The molecule has 6 nitrogen and oxygen atoms in total. The van der Waals surface area contributed by atoms with E-state index in [9.17, 15) is 0 Å². The lowest BCUT2D eigenvalue weighted by atomic mass is 9.90. The van der Waals surface area contributed by atoms with Gasteiger partial charge in [-0.2, -0.15) is 0 Å². The van der Waals surface area contributed by atoms with E-state index in [2.05, 4.69) is 42.3 Å². The van der Waals surface area contributed by atoms with Crippen LogP contribution in [-0.4, -0.2) is 37.9 Å². The molecule has 1 aliphatic rings. The van der Waals surface area contributed by atoms with E-state index in [1.165, 1.54) is 24.1 Å². The molecule has 1 saturated heterocycles. The van der Waals surface area contributed by atoms with Crippen molar-refractivity contribution in [2.75, 3.05) is 18.4 Å². The Hall–Kier alpha value is -2.73. The van der Waals surface area contributed by atoms with Gasteiger partial charge >= 0.3 is 0 Å². The lowest BCUT2D eigenvalue weighted by Gasteiger charge is -2.31. The molecule has 6 heteroatoms. The molecule has 0 radical (unpaired) electrons. The molecule has 1 aliphatic heterocycles. The fraction of sp³-hybridized carbons (Fsp3) is 0.316. The molecule has 2 N–H and O–H groups in total. The second-order valence-electron chi connectivity index (χ2n) is 6.44. The van der Waals surface area contributed by atoms with E-state index in [0.29, 0.717) is 5.92 Å². The number of hydrogen-bond acceptors (Lipinski definition) is 5. The van der Waals surface area contributed by atoms with Crippen molar-refractivity contribution in [3.8, 4) is 0 Å². The summed E-state index contributed by atoms with van der Waals surface area (Å²) in [5.74, 6) is 2.27. The number of nitrogens with zero attached hydrogens (tertiary/aromatic N) is 4. The second-order valence-corrected chi connectivity index (χ2v) is 6.44. The van der Waals surface area contributed by atoms with Crippen LogP contribution in [0.3, 0.4) is 0 Å². The summed E-state index contributed by atoms with van der Waals surface area (Å²) in [7, 11) is 0. The van der Waals surface area contributed by atoms with Crippen molar-refractivity contribution in [3.05, 3.63) is 66.5 Å². The summed E-state index contributed by atoms with van der Waals surface area (Å²) in [6.45, 7) is 3.17. The van der Waals surface area contributed by atoms with Crippen molar-refractivity contribution >= 4 is 11.6 Å². The van der Waals surface area contributed by atoms with E-state index in [1.807, 2.05) is 30.6 Å². The minimum Gasteiger partial charge on any atom is -0.347 e. The van der Waals surface area contributed by atoms with E-state index < -0.39 is 0 Å². The largest absolute Gasteiger partial charge is 0.347 e. The monoisotopic (exact) mass is 334 g/mol. The SMILES string of the molecule is c1ccc(Nc2cc(C3CCN(Cc4cnc[nH]4)CC3)ccn2)nc1. The fourth-order valence-corrected chi connectivity index (χ4v) is 3.37. The number of anilines is 2. The Kier molecular flexibility index (Phi) is 4.70. The number of imidazole rings is 1. The Morgan fingerprint density at radius 3 is 2.72 bits per heavy atom. The van der Waals surface area contributed by atoms with Gasteiger partial charge in [-0.3, -0.25) is 4.90 Å². The van der Waals surface area contributed by atoms with Gasteiger partial charge in [0.15, 0.2) is 0 Å². The standard InChI is InChI=1S/C19H22N6/c1-2-7-21-18(3-1)24-19-11-16(4-8-22-19)15-5-9-25(10-6-15)13-17-12-20-14-23-17/h1-4,7-8,11-12,14-15H,5-6,9-10,13H2,(H,20,23)(H,21,22,24). The molecule has 4 heterocycles. The third-order valence-electron chi connectivity index (χ3n) is 4.71. The van der Waals surface area contributed by atoms with Crippen molar-refractivity contribution in [2.24, 2.45) is 0 Å². The number of piperidine rings is 1. The lowest BCUT2D eigenvalue weighted by Crippen LogP contribution is -2.32. The number of aromatic amines is 1. The molecule has 0 saturated carbocycles. The molecular formula is C19H22N6. The van der Waals surface area contributed by atoms with Crippen LogP contribution in [0.15, 0.2) is 55.2 Å². The molecule has 0 unspecified atom stereocenters. The Balaban J connectivity index is 1.37. The van der Waals surface area contributed by atoms with Crippen LogP contribution < -0.4 is 5.32 Å². The molecule has 0 amide bonds. The van der Waals surface area contributed by atoms with Gasteiger partial charge in [0.25, 0.3) is 0 Å². The van der Waals surface area contributed by atoms with Gasteiger partial charge in [0.1, 0.15) is 11.6 Å². The number of pyridine rings is 2. The van der Waals surface area contributed by atoms with Crippen molar-refractivity contribution in [1.82, 2.24) is 24.8 Å². The van der Waals surface area contributed by atoms with Crippen LogP contribution in [-0.2, 0) is 6.54 Å². The first-order valence-corrected chi connectivity index (χ1v) is 8.70. The van der Waals surface area contributed by atoms with Crippen molar-refractivity contribution in [3.63, 3.8) is 0 Å². The highest BCUT2D eigenvalue weighted by molar-refractivity contribution is 5.52. The molecule has 0 atom stereocenters. The smallest absolute Gasteiger partial charge is 0.131 e. The van der Waals surface area contributed by atoms with Crippen LogP contribution in [0.1, 0.15) is 30.0 Å². The van der Waals surface area contributed by atoms with Gasteiger partial charge in [-0.05, 0) is 61.7 Å². The molecule has 0 aliphatic carbocycles. The van der Waals surface area contributed by atoms with Crippen LogP contribution in [0.5, 0.6) is 0 Å². The van der Waals surface area contributed by atoms with Crippen LogP contribution in [0.2, 0.25) is 0 Å². The van der Waals surface area contributed by atoms with Gasteiger partial charge in [-0.25, -0.2) is 15.0 Å². The lowest BCUT2D eigenvalue weighted by molar-refractivity contribution is 0.203. The average Bonchev–Trinajstić information content (AvgIpc) is 3.16. The minimum absolute atomic E-state index is 0.588. The first-order chi connectivity index (χ1) is 12.4. The predicted octanol–water partition coefficient (Wildman–Crippen LogP) is 3.32. The number of H-pyrrole nitrogens is 1. The second kappa shape index (κ2) is 7.44. The number of likely N-dealkylation sites (tertiary alicyclic amines) is 1. The van der Waals surface area contributed by atoms with Gasteiger partial charge in [-0.1, -0.05) is 6.07 Å². The molecule has 128 valence electrons.